The standard InChI is InChI=1S/C20H18F2N2O/c21-17-11-10-15(13-23-24-18-7-2-1-3-8-18)20(12-17)25-14-16-6-4-5-9-19(16)22/h1-12,23-24H,13-14H2. The zero-order valence-corrected chi connectivity index (χ0v) is 13.5. The lowest BCUT2D eigenvalue weighted by Gasteiger charge is -2.14. The fraction of sp³-hybridized carbons (Fsp3) is 0.100. The van der Waals surface area contributed by atoms with Gasteiger partial charge in [0.2, 0.25) is 0 Å². The van der Waals surface area contributed by atoms with E-state index in [9.17, 15) is 8.78 Å². The Morgan fingerprint density at radius 3 is 2.36 bits per heavy atom. The Balaban J connectivity index is 1.64. The molecule has 0 heterocycles. The van der Waals surface area contributed by atoms with Gasteiger partial charge in [0.05, 0.1) is 0 Å². The molecule has 0 atom stereocenters. The van der Waals surface area contributed by atoms with Gasteiger partial charge in [0.15, 0.2) is 0 Å². The van der Waals surface area contributed by atoms with Crippen LogP contribution in [0.1, 0.15) is 11.1 Å². The van der Waals surface area contributed by atoms with Crippen LogP contribution in [0.25, 0.3) is 0 Å². The summed E-state index contributed by atoms with van der Waals surface area (Å²) >= 11 is 0. The fourth-order valence-electron chi connectivity index (χ4n) is 2.34. The Morgan fingerprint density at radius 1 is 0.800 bits per heavy atom. The van der Waals surface area contributed by atoms with Crippen molar-refractivity contribution in [1.29, 1.82) is 0 Å². The Morgan fingerprint density at radius 2 is 1.56 bits per heavy atom. The number of hydrogen-bond acceptors (Lipinski definition) is 3. The Hall–Kier alpha value is -2.92. The van der Waals surface area contributed by atoms with Gasteiger partial charge in [-0.2, -0.15) is 0 Å². The molecule has 2 N–H and O–H groups in total. The monoisotopic (exact) mass is 340 g/mol. The predicted octanol–water partition coefficient (Wildman–Crippen LogP) is 4.66. The van der Waals surface area contributed by atoms with Gasteiger partial charge in [-0.25, -0.2) is 14.2 Å². The van der Waals surface area contributed by atoms with Crippen molar-refractivity contribution >= 4 is 5.69 Å². The van der Waals surface area contributed by atoms with E-state index in [-0.39, 0.29) is 12.4 Å². The maximum absolute atomic E-state index is 13.7. The van der Waals surface area contributed by atoms with Crippen LogP contribution in [-0.4, -0.2) is 0 Å². The average molecular weight is 340 g/mol. The van der Waals surface area contributed by atoms with Gasteiger partial charge in [0.25, 0.3) is 0 Å². The molecule has 3 nitrogen and oxygen atoms in total. The van der Waals surface area contributed by atoms with Crippen LogP contribution in [0, 0.1) is 11.6 Å². The van der Waals surface area contributed by atoms with E-state index >= 15 is 0 Å². The van der Waals surface area contributed by atoms with Gasteiger partial charge in [-0.1, -0.05) is 42.5 Å². The molecular weight excluding hydrogens is 322 g/mol. The number of nitrogens with one attached hydrogen (secondary N) is 2. The van der Waals surface area contributed by atoms with Gasteiger partial charge in [0.1, 0.15) is 24.0 Å². The number of ether oxygens (including phenoxy) is 1. The second-order valence-corrected chi connectivity index (χ2v) is 5.48. The van der Waals surface area contributed by atoms with Crippen molar-refractivity contribution < 1.29 is 13.5 Å². The third-order valence-electron chi connectivity index (χ3n) is 3.66. The molecule has 3 rings (SSSR count). The molecule has 5 heteroatoms. The first-order valence-electron chi connectivity index (χ1n) is 7.91. The third kappa shape index (κ3) is 4.78. The lowest BCUT2D eigenvalue weighted by atomic mass is 10.2. The molecule has 128 valence electrons. The van der Waals surface area contributed by atoms with Crippen LogP contribution < -0.4 is 15.6 Å². The van der Waals surface area contributed by atoms with E-state index in [2.05, 4.69) is 10.9 Å². The lowest BCUT2D eigenvalue weighted by molar-refractivity contribution is 0.294. The second-order valence-electron chi connectivity index (χ2n) is 5.48. The van der Waals surface area contributed by atoms with Crippen LogP contribution in [0.15, 0.2) is 72.8 Å². The maximum Gasteiger partial charge on any atom is 0.129 e. The quantitative estimate of drug-likeness (QED) is 0.614. The number of hydrazine groups is 1. The second kappa shape index (κ2) is 8.26. The zero-order valence-electron chi connectivity index (χ0n) is 13.5. The molecular formula is C20H18F2N2O. The summed E-state index contributed by atoms with van der Waals surface area (Å²) in [5.41, 5.74) is 8.22. The van der Waals surface area contributed by atoms with E-state index in [0.717, 1.165) is 11.3 Å². The van der Waals surface area contributed by atoms with E-state index in [1.165, 1.54) is 18.2 Å². The summed E-state index contributed by atoms with van der Waals surface area (Å²) in [6.45, 7) is 0.455. The maximum atomic E-state index is 13.7. The minimum atomic E-state index is -0.400. The number of halogens is 2. The highest BCUT2D eigenvalue weighted by Crippen LogP contribution is 2.22. The molecule has 0 aliphatic heterocycles. The topological polar surface area (TPSA) is 33.3 Å². The molecule has 0 aliphatic carbocycles. The van der Waals surface area contributed by atoms with Crippen LogP contribution in [0.5, 0.6) is 5.75 Å². The summed E-state index contributed by atoms with van der Waals surface area (Å²) in [6.07, 6.45) is 0. The molecule has 0 aliphatic rings. The number of para-hydroxylation sites is 1. The van der Waals surface area contributed by atoms with E-state index in [1.807, 2.05) is 30.3 Å². The summed E-state index contributed by atoms with van der Waals surface area (Å²) in [5, 5.41) is 0. The van der Waals surface area contributed by atoms with E-state index in [1.54, 1.807) is 24.3 Å². The van der Waals surface area contributed by atoms with Crippen molar-refractivity contribution in [1.82, 2.24) is 5.43 Å². The molecule has 0 unspecified atom stereocenters. The van der Waals surface area contributed by atoms with Crippen molar-refractivity contribution in [2.24, 2.45) is 0 Å². The zero-order chi connectivity index (χ0) is 17.5. The molecule has 0 saturated carbocycles. The molecule has 0 fully saturated rings. The van der Waals surface area contributed by atoms with Crippen LogP contribution >= 0.6 is 0 Å². The fourth-order valence-corrected chi connectivity index (χ4v) is 2.34. The molecule has 0 aromatic heterocycles. The first kappa shape index (κ1) is 16.9. The average Bonchev–Trinajstić information content (AvgIpc) is 2.63. The highest BCUT2D eigenvalue weighted by molar-refractivity contribution is 5.41. The van der Waals surface area contributed by atoms with Gasteiger partial charge in [-0.15, -0.1) is 0 Å². The van der Waals surface area contributed by atoms with Gasteiger partial charge in [-0.3, -0.25) is 0 Å². The van der Waals surface area contributed by atoms with E-state index in [0.29, 0.717) is 17.9 Å². The highest BCUT2D eigenvalue weighted by atomic mass is 19.1. The number of benzene rings is 3. The van der Waals surface area contributed by atoms with Crippen molar-refractivity contribution in [3.63, 3.8) is 0 Å². The van der Waals surface area contributed by atoms with Crippen LogP contribution in [0.2, 0.25) is 0 Å². The summed E-state index contributed by atoms with van der Waals surface area (Å²) in [5.74, 6) is -0.363. The van der Waals surface area contributed by atoms with Gasteiger partial charge >= 0.3 is 0 Å². The van der Waals surface area contributed by atoms with Gasteiger partial charge in [-0.05, 0) is 24.3 Å². The molecule has 25 heavy (non-hydrogen) atoms. The number of rotatable bonds is 7. The minimum absolute atomic E-state index is 0.0369. The molecule has 3 aromatic rings. The van der Waals surface area contributed by atoms with E-state index < -0.39 is 5.82 Å². The Kier molecular flexibility index (Phi) is 5.59. The van der Waals surface area contributed by atoms with Crippen LogP contribution in [0.4, 0.5) is 14.5 Å². The minimum Gasteiger partial charge on any atom is -0.488 e. The smallest absolute Gasteiger partial charge is 0.129 e. The van der Waals surface area contributed by atoms with Crippen molar-refractivity contribution in [2.45, 2.75) is 13.2 Å². The SMILES string of the molecule is Fc1ccc(CNNc2ccccc2)c(OCc2ccccc2F)c1. The first-order chi connectivity index (χ1) is 12.2. The normalized spacial score (nSPS) is 10.5. The predicted molar refractivity (Wildman–Crippen MR) is 94.0 cm³/mol. The summed E-state index contributed by atoms with van der Waals surface area (Å²) < 4.78 is 32.9. The number of anilines is 1. The first-order valence-corrected chi connectivity index (χ1v) is 7.91. The molecule has 0 amide bonds. The Bertz CT molecular complexity index is 825. The summed E-state index contributed by atoms with van der Waals surface area (Å²) in [4.78, 5) is 0. The van der Waals surface area contributed by atoms with E-state index in [4.69, 9.17) is 4.74 Å². The summed E-state index contributed by atoms with van der Waals surface area (Å²) in [6, 6.07) is 20.3. The van der Waals surface area contributed by atoms with Gasteiger partial charge in [0, 0.05) is 29.4 Å². The van der Waals surface area contributed by atoms with Crippen molar-refractivity contribution in [3.8, 4) is 5.75 Å². The number of hydrogen-bond donors (Lipinski definition) is 2. The van der Waals surface area contributed by atoms with Crippen molar-refractivity contribution in [2.75, 3.05) is 5.43 Å². The largest absolute Gasteiger partial charge is 0.488 e. The van der Waals surface area contributed by atoms with Gasteiger partial charge < -0.3 is 10.2 Å². The summed E-state index contributed by atoms with van der Waals surface area (Å²) in [7, 11) is 0. The molecule has 0 spiro atoms. The third-order valence-corrected chi connectivity index (χ3v) is 3.66. The lowest BCUT2D eigenvalue weighted by Crippen LogP contribution is -2.21. The van der Waals surface area contributed by atoms with Crippen LogP contribution in [-0.2, 0) is 13.2 Å². The van der Waals surface area contributed by atoms with Crippen molar-refractivity contribution in [3.05, 3.63) is 95.6 Å². The Labute approximate surface area is 145 Å². The highest BCUT2D eigenvalue weighted by Gasteiger charge is 2.08. The molecule has 0 radical (unpaired) electrons. The molecule has 3 aromatic carbocycles. The molecule has 0 bridgehead atoms. The van der Waals surface area contributed by atoms with Crippen LogP contribution in [0.3, 0.4) is 0 Å². The molecule has 0 saturated heterocycles.